The molecule has 0 bridgehead atoms. The van der Waals surface area contributed by atoms with Crippen molar-refractivity contribution in [3.8, 4) is 0 Å². The predicted octanol–water partition coefficient (Wildman–Crippen LogP) is 2.87. The first-order chi connectivity index (χ1) is 13.4. The summed E-state index contributed by atoms with van der Waals surface area (Å²) in [6.45, 7) is 3.60. The van der Waals surface area contributed by atoms with E-state index >= 15 is 0 Å². The van der Waals surface area contributed by atoms with Crippen molar-refractivity contribution in [2.45, 2.75) is 19.4 Å². The highest BCUT2D eigenvalue weighted by atomic mass is 16.4. The molecule has 8 heteroatoms. The van der Waals surface area contributed by atoms with Crippen LogP contribution in [0.2, 0.25) is 0 Å². The normalized spacial score (nSPS) is 17.2. The highest BCUT2D eigenvalue weighted by molar-refractivity contribution is 5.99. The van der Waals surface area contributed by atoms with Gasteiger partial charge < -0.3 is 20.6 Å². The molecule has 1 aromatic heterocycles. The molecule has 1 aromatic carbocycles. The molecule has 3 N–H and O–H groups in total. The predicted molar refractivity (Wildman–Crippen MR) is 108 cm³/mol. The molecule has 0 aliphatic carbocycles. The molecule has 1 fully saturated rings. The highest BCUT2D eigenvalue weighted by Gasteiger charge is 2.27. The number of aromatic nitrogens is 1. The molecule has 2 heterocycles. The zero-order chi connectivity index (χ0) is 20.1. The Morgan fingerprint density at radius 1 is 1.18 bits per heavy atom. The molecule has 0 radical (unpaired) electrons. The molecule has 3 rings (SSSR count). The summed E-state index contributed by atoms with van der Waals surface area (Å²) in [7, 11) is 2.01. The van der Waals surface area contributed by atoms with E-state index in [0.29, 0.717) is 37.4 Å². The number of carboxylic acid groups (broad SMARTS) is 1. The smallest absolute Gasteiger partial charge is 0.407 e. The van der Waals surface area contributed by atoms with Crippen LogP contribution in [0.25, 0.3) is 0 Å². The molecule has 2 aromatic rings. The zero-order valence-electron chi connectivity index (χ0n) is 16.1. The van der Waals surface area contributed by atoms with Gasteiger partial charge in [0, 0.05) is 37.1 Å². The summed E-state index contributed by atoms with van der Waals surface area (Å²) in [6, 6.07) is 11.0. The summed E-state index contributed by atoms with van der Waals surface area (Å²) < 4.78 is 0. The molecule has 28 heavy (non-hydrogen) atoms. The fourth-order valence-corrected chi connectivity index (χ4v) is 3.22. The summed E-state index contributed by atoms with van der Waals surface area (Å²) >= 11 is 0. The third kappa shape index (κ3) is 5.20. The van der Waals surface area contributed by atoms with Crippen LogP contribution in [0, 0.1) is 6.92 Å². The standard InChI is InChI=1S/C20H25N5O3/c1-14-6-7-17(12-21-14)23-19(26)22-16-5-3-4-15(10-16)11-18-13-25(20(27)28)9-8-24(18)2/h3-7,10,12,18H,8-9,11,13H2,1-2H3,(H,27,28)(H2,22,23,26)/t18-/m1/s1. The number of anilines is 2. The van der Waals surface area contributed by atoms with Crippen LogP contribution < -0.4 is 10.6 Å². The van der Waals surface area contributed by atoms with Crippen molar-refractivity contribution < 1.29 is 14.7 Å². The van der Waals surface area contributed by atoms with Gasteiger partial charge in [-0.2, -0.15) is 0 Å². The Balaban J connectivity index is 1.61. The number of urea groups is 1. The van der Waals surface area contributed by atoms with Crippen molar-refractivity contribution >= 4 is 23.5 Å². The summed E-state index contributed by atoms with van der Waals surface area (Å²) in [5.74, 6) is 0. The van der Waals surface area contributed by atoms with Gasteiger partial charge in [-0.1, -0.05) is 12.1 Å². The van der Waals surface area contributed by atoms with E-state index in [1.54, 1.807) is 12.3 Å². The average molecular weight is 383 g/mol. The van der Waals surface area contributed by atoms with Gasteiger partial charge in [0.2, 0.25) is 0 Å². The number of carbonyl (C=O) groups is 2. The van der Waals surface area contributed by atoms with Gasteiger partial charge in [-0.05, 0) is 50.2 Å². The summed E-state index contributed by atoms with van der Waals surface area (Å²) in [4.78, 5) is 31.2. The van der Waals surface area contributed by atoms with E-state index in [4.69, 9.17) is 0 Å². The van der Waals surface area contributed by atoms with Crippen LogP contribution in [0.5, 0.6) is 0 Å². The minimum atomic E-state index is -0.879. The topological polar surface area (TPSA) is 97.8 Å². The molecule has 0 saturated carbocycles. The number of piperazine rings is 1. The van der Waals surface area contributed by atoms with E-state index in [-0.39, 0.29) is 12.1 Å². The van der Waals surface area contributed by atoms with Crippen LogP contribution in [-0.4, -0.2) is 64.7 Å². The van der Waals surface area contributed by atoms with Crippen LogP contribution in [0.15, 0.2) is 42.6 Å². The van der Waals surface area contributed by atoms with Gasteiger partial charge in [0.15, 0.2) is 0 Å². The first-order valence-electron chi connectivity index (χ1n) is 9.18. The molecule has 1 saturated heterocycles. The maximum Gasteiger partial charge on any atom is 0.407 e. The van der Waals surface area contributed by atoms with Gasteiger partial charge in [0.25, 0.3) is 0 Å². The van der Waals surface area contributed by atoms with Crippen molar-refractivity contribution in [1.82, 2.24) is 14.8 Å². The van der Waals surface area contributed by atoms with E-state index in [1.807, 2.05) is 44.3 Å². The lowest BCUT2D eigenvalue weighted by atomic mass is 10.0. The number of aryl methyl sites for hydroxylation is 1. The molecule has 3 amide bonds. The SMILES string of the molecule is Cc1ccc(NC(=O)Nc2cccc(C[C@@H]3CN(C(=O)O)CCN3C)c2)cn1. The first kappa shape index (κ1) is 19.6. The maximum atomic E-state index is 12.2. The second-order valence-electron chi connectivity index (χ2n) is 7.03. The number of likely N-dealkylation sites (N-methyl/N-ethyl adjacent to an activating group) is 1. The lowest BCUT2D eigenvalue weighted by Gasteiger charge is -2.38. The Labute approximate surface area is 164 Å². The van der Waals surface area contributed by atoms with Crippen molar-refractivity contribution in [2.75, 3.05) is 37.3 Å². The van der Waals surface area contributed by atoms with Crippen LogP contribution in [0.1, 0.15) is 11.3 Å². The second-order valence-corrected chi connectivity index (χ2v) is 7.03. The Bertz CT molecular complexity index is 840. The summed E-state index contributed by atoms with van der Waals surface area (Å²) in [5, 5.41) is 14.8. The fourth-order valence-electron chi connectivity index (χ4n) is 3.22. The van der Waals surface area contributed by atoms with Gasteiger partial charge >= 0.3 is 12.1 Å². The number of hydrogen-bond acceptors (Lipinski definition) is 4. The molecular formula is C20H25N5O3. The van der Waals surface area contributed by atoms with E-state index in [9.17, 15) is 14.7 Å². The van der Waals surface area contributed by atoms with Crippen molar-refractivity contribution in [1.29, 1.82) is 0 Å². The minimum Gasteiger partial charge on any atom is -0.465 e. The van der Waals surface area contributed by atoms with Gasteiger partial charge in [0.05, 0.1) is 11.9 Å². The van der Waals surface area contributed by atoms with Crippen LogP contribution in [-0.2, 0) is 6.42 Å². The number of carbonyl (C=O) groups excluding carboxylic acids is 1. The van der Waals surface area contributed by atoms with Crippen LogP contribution in [0.4, 0.5) is 21.0 Å². The van der Waals surface area contributed by atoms with E-state index in [0.717, 1.165) is 11.3 Å². The third-order valence-corrected chi connectivity index (χ3v) is 4.87. The van der Waals surface area contributed by atoms with Gasteiger partial charge in [-0.15, -0.1) is 0 Å². The maximum absolute atomic E-state index is 12.2. The lowest BCUT2D eigenvalue weighted by Crippen LogP contribution is -2.53. The number of rotatable bonds is 4. The average Bonchev–Trinajstić information content (AvgIpc) is 2.65. The number of amides is 3. The molecule has 1 aliphatic heterocycles. The zero-order valence-corrected chi connectivity index (χ0v) is 16.1. The first-order valence-corrected chi connectivity index (χ1v) is 9.18. The Kier molecular flexibility index (Phi) is 6.10. The number of hydrogen-bond donors (Lipinski definition) is 3. The monoisotopic (exact) mass is 383 g/mol. The fraction of sp³-hybridized carbons (Fsp3) is 0.350. The van der Waals surface area contributed by atoms with E-state index in [2.05, 4.69) is 20.5 Å². The molecule has 1 aliphatic rings. The number of nitrogens with zero attached hydrogens (tertiary/aromatic N) is 3. The second kappa shape index (κ2) is 8.71. The van der Waals surface area contributed by atoms with Crippen molar-refractivity contribution in [3.63, 3.8) is 0 Å². The van der Waals surface area contributed by atoms with Gasteiger partial charge in [0.1, 0.15) is 0 Å². The summed E-state index contributed by atoms with van der Waals surface area (Å²) in [5.41, 5.74) is 3.23. The number of nitrogens with one attached hydrogen (secondary N) is 2. The Morgan fingerprint density at radius 2 is 1.96 bits per heavy atom. The Hall–Kier alpha value is -3.13. The highest BCUT2D eigenvalue weighted by Crippen LogP contribution is 2.17. The van der Waals surface area contributed by atoms with Crippen LogP contribution in [0.3, 0.4) is 0 Å². The van der Waals surface area contributed by atoms with Gasteiger partial charge in [-0.25, -0.2) is 9.59 Å². The molecular weight excluding hydrogens is 358 g/mol. The molecule has 8 nitrogen and oxygen atoms in total. The van der Waals surface area contributed by atoms with Crippen molar-refractivity contribution in [3.05, 3.63) is 53.9 Å². The van der Waals surface area contributed by atoms with E-state index < -0.39 is 6.09 Å². The molecule has 148 valence electrons. The number of benzene rings is 1. The molecule has 0 spiro atoms. The van der Waals surface area contributed by atoms with Gasteiger partial charge in [-0.3, -0.25) is 9.88 Å². The summed E-state index contributed by atoms with van der Waals surface area (Å²) in [6.07, 6.45) is 1.44. The van der Waals surface area contributed by atoms with Crippen LogP contribution >= 0.6 is 0 Å². The number of pyridine rings is 1. The Morgan fingerprint density at radius 3 is 2.68 bits per heavy atom. The van der Waals surface area contributed by atoms with Crippen molar-refractivity contribution in [2.24, 2.45) is 0 Å². The molecule has 0 unspecified atom stereocenters. The lowest BCUT2D eigenvalue weighted by molar-refractivity contribution is 0.0832. The van der Waals surface area contributed by atoms with E-state index in [1.165, 1.54) is 4.90 Å². The minimum absolute atomic E-state index is 0.104. The largest absolute Gasteiger partial charge is 0.465 e. The molecule has 1 atom stereocenters. The quantitative estimate of drug-likeness (QED) is 0.754. The third-order valence-electron chi connectivity index (χ3n) is 4.87.